The lowest BCUT2D eigenvalue weighted by atomic mass is 10.0. The SMILES string of the molecule is Cc1ccc(C)c(N2CC(N)C2=O)c1. The van der Waals surface area contributed by atoms with Crippen molar-refractivity contribution >= 4 is 11.6 Å². The van der Waals surface area contributed by atoms with Crippen LogP contribution in [0.3, 0.4) is 0 Å². The van der Waals surface area contributed by atoms with Gasteiger partial charge in [-0.15, -0.1) is 0 Å². The van der Waals surface area contributed by atoms with Crippen molar-refractivity contribution in [3.8, 4) is 0 Å². The van der Waals surface area contributed by atoms with E-state index in [0.29, 0.717) is 6.54 Å². The highest BCUT2D eigenvalue weighted by molar-refractivity contribution is 6.04. The summed E-state index contributed by atoms with van der Waals surface area (Å²) < 4.78 is 0. The Morgan fingerprint density at radius 3 is 2.71 bits per heavy atom. The Bertz CT molecular complexity index is 387. The molecule has 74 valence electrons. The molecule has 1 aromatic carbocycles. The molecule has 0 aliphatic carbocycles. The second-order valence-electron chi connectivity index (χ2n) is 3.85. The van der Waals surface area contributed by atoms with Gasteiger partial charge in [0.25, 0.3) is 0 Å². The monoisotopic (exact) mass is 190 g/mol. The Balaban J connectivity index is 2.33. The summed E-state index contributed by atoms with van der Waals surface area (Å²) in [5.41, 5.74) is 8.83. The molecular weight excluding hydrogens is 176 g/mol. The molecule has 1 aliphatic heterocycles. The van der Waals surface area contributed by atoms with Crippen molar-refractivity contribution in [3.05, 3.63) is 29.3 Å². The topological polar surface area (TPSA) is 46.3 Å². The standard InChI is InChI=1S/C11H14N2O/c1-7-3-4-8(2)10(5-7)13-6-9(12)11(13)14/h3-5,9H,6,12H2,1-2H3. The number of benzene rings is 1. The molecule has 2 N–H and O–H groups in total. The van der Waals surface area contributed by atoms with Gasteiger partial charge in [0.1, 0.15) is 6.04 Å². The predicted molar refractivity (Wildman–Crippen MR) is 56.2 cm³/mol. The van der Waals surface area contributed by atoms with Crippen LogP contribution < -0.4 is 10.6 Å². The summed E-state index contributed by atoms with van der Waals surface area (Å²) in [5.74, 6) is 0.0266. The molecule has 3 heteroatoms. The van der Waals surface area contributed by atoms with Gasteiger partial charge in [-0.1, -0.05) is 12.1 Å². The Kier molecular flexibility index (Phi) is 2.04. The zero-order valence-electron chi connectivity index (χ0n) is 8.45. The minimum atomic E-state index is -0.296. The average molecular weight is 190 g/mol. The highest BCUT2D eigenvalue weighted by Crippen LogP contribution is 2.26. The first-order valence-electron chi connectivity index (χ1n) is 4.74. The molecule has 1 heterocycles. The van der Waals surface area contributed by atoms with E-state index in [4.69, 9.17) is 5.73 Å². The van der Waals surface area contributed by atoms with Gasteiger partial charge in [-0.05, 0) is 31.0 Å². The van der Waals surface area contributed by atoms with Gasteiger partial charge in [-0.3, -0.25) is 4.79 Å². The number of carbonyl (C=O) groups excluding carboxylic acids is 1. The average Bonchev–Trinajstić information content (AvgIpc) is 2.18. The van der Waals surface area contributed by atoms with Crippen LogP contribution >= 0.6 is 0 Å². The molecule has 1 saturated heterocycles. The van der Waals surface area contributed by atoms with Gasteiger partial charge in [0.05, 0.1) is 6.54 Å². The Hall–Kier alpha value is -1.35. The van der Waals surface area contributed by atoms with E-state index in [1.54, 1.807) is 4.90 Å². The molecule has 1 atom stereocenters. The number of amides is 1. The van der Waals surface area contributed by atoms with Gasteiger partial charge >= 0.3 is 0 Å². The van der Waals surface area contributed by atoms with Crippen LogP contribution in [0.25, 0.3) is 0 Å². The third kappa shape index (κ3) is 1.30. The van der Waals surface area contributed by atoms with Crippen LogP contribution in [0.5, 0.6) is 0 Å². The maximum Gasteiger partial charge on any atom is 0.245 e. The number of carbonyl (C=O) groups is 1. The van der Waals surface area contributed by atoms with E-state index < -0.39 is 0 Å². The summed E-state index contributed by atoms with van der Waals surface area (Å²) in [6.45, 7) is 4.67. The Labute approximate surface area is 83.5 Å². The first kappa shape index (κ1) is 9.21. The van der Waals surface area contributed by atoms with Crippen molar-refractivity contribution in [2.24, 2.45) is 5.73 Å². The summed E-state index contributed by atoms with van der Waals surface area (Å²) in [5, 5.41) is 0. The number of β-lactam (4-membered cyclic amide) rings is 1. The molecule has 0 spiro atoms. The zero-order valence-corrected chi connectivity index (χ0v) is 8.45. The van der Waals surface area contributed by atoms with Crippen molar-refractivity contribution in [1.29, 1.82) is 0 Å². The summed E-state index contributed by atoms with van der Waals surface area (Å²) in [6.07, 6.45) is 0. The van der Waals surface area contributed by atoms with Gasteiger partial charge in [-0.2, -0.15) is 0 Å². The van der Waals surface area contributed by atoms with Crippen LogP contribution in [0.1, 0.15) is 11.1 Å². The van der Waals surface area contributed by atoms with Crippen molar-refractivity contribution in [2.45, 2.75) is 19.9 Å². The first-order valence-corrected chi connectivity index (χ1v) is 4.74. The fourth-order valence-electron chi connectivity index (χ4n) is 1.68. The van der Waals surface area contributed by atoms with Crippen LogP contribution in [0.4, 0.5) is 5.69 Å². The van der Waals surface area contributed by atoms with E-state index in [1.807, 2.05) is 32.0 Å². The molecule has 1 amide bonds. The minimum Gasteiger partial charge on any atom is -0.318 e. The highest BCUT2D eigenvalue weighted by Gasteiger charge is 2.35. The Morgan fingerprint density at radius 1 is 1.43 bits per heavy atom. The molecule has 1 aliphatic rings. The maximum absolute atomic E-state index is 11.4. The van der Waals surface area contributed by atoms with Gasteiger partial charge in [-0.25, -0.2) is 0 Å². The second kappa shape index (κ2) is 3.10. The summed E-state index contributed by atoms with van der Waals surface area (Å²) >= 11 is 0. The van der Waals surface area contributed by atoms with Crippen molar-refractivity contribution < 1.29 is 4.79 Å². The molecule has 1 unspecified atom stereocenters. The normalized spacial score (nSPS) is 20.9. The van der Waals surface area contributed by atoms with Gasteiger partial charge in [0, 0.05) is 5.69 Å². The van der Waals surface area contributed by atoms with Crippen LogP contribution in [-0.2, 0) is 4.79 Å². The number of hydrogen-bond acceptors (Lipinski definition) is 2. The van der Waals surface area contributed by atoms with Gasteiger partial charge in [0.15, 0.2) is 0 Å². The molecular formula is C11H14N2O. The molecule has 1 fully saturated rings. The molecule has 3 nitrogen and oxygen atoms in total. The number of nitrogens with zero attached hydrogens (tertiary/aromatic N) is 1. The van der Waals surface area contributed by atoms with Crippen molar-refractivity contribution in [2.75, 3.05) is 11.4 Å². The third-order valence-corrected chi connectivity index (χ3v) is 2.62. The lowest BCUT2D eigenvalue weighted by Gasteiger charge is -2.37. The molecule has 0 aromatic heterocycles. The Morgan fingerprint density at radius 2 is 2.14 bits per heavy atom. The second-order valence-corrected chi connectivity index (χ2v) is 3.85. The third-order valence-electron chi connectivity index (χ3n) is 2.62. The first-order chi connectivity index (χ1) is 6.59. The molecule has 0 bridgehead atoms. The lowest BCUT2D eigenvalue weighted by molar-refractivity contribution is -0.123. The van der Waals surface area contributed by atoms with E-state index >= 15 is 0 Å². The predicted octanol–water partition coefficient (Wildman–Crippen LogP) is 0.977. The largest absolute Gasteiger partial charge is 0.318 e. The van der Waals surface area contributed by atoms with E-state index in [9.17, 15) is 4.79 Å². The quantitative estimate of drug-likeness (QED) is 0.671. The van der Waals surface area contributed by atoms with Gasteiger partial charge in [0.2, 0.25) is 5.91 Å². The molecule has 0 radical (unpaired) electrons. The van der Waals surface area contributed by atoms with Crippen LogP contribution in [0.2, 0.25) is 0 Å². The maximum atomic E-state index is 11.4. The number of hydrogen-bond donors (Lipinski definition) is 1. The van der Waals surface area contributed by atoms with Crippen LogP contribution in [0.15, 0.2) is 18.2 Å². The van der Waals surface area contributed by atoms with E-state index in [-0.39, 0.29) is 11.9 Å². The van der Waals surface area contributed by atoms with E-state index in [0.717, 1.165) is 11.3 Å². The molecule has 14 heavy (non-hydrogen) atoms. The molecule has 0 saturated carbocycles. The number of rotatable bonds is 1. The van der Waals surface area contributed by atoms with E-state index in [1.165, 1.54) is 5.56 Å². The summed E-state index contributed by atoms with van der Waals surface area (Å²) in [6, 6.07) is 5.80. The lowest BCUT2D eigenvalue weighted by Crippen LogP contribution is -2.61. The zero-order chi connectivity index (χ0) is 10.3. The molecule has 2 rings (SSSR count). The number of nitrogens with two attached hydrogens (primary N) is 1. The van der Waals surface area contributed by atoms with E-state index in [2.05, 4.69) is 0 Å². The smallest absolute Gasteiger partial charge is 0.245 e. The fraction of sp³-hybridized carbons (Fsp3) is 0.364. The minimum absolute atomic E-state index is 0.0266. The van der Waals surface area contributed by atoms with Crippen LogP contribution in [-0.4, -0.2) is 18.5 Å². The van der Waals surface area contributed by atoms with Crippen molar-refractivity contribution in [3.63, 3.8) is 0 Å². The van der Waals surface area contributed by atoms with Crippen molar-refractivity contribution in [1.82, 2.24) is 0 Å². The fourth-order valence-corrected chi connectivity index (χ4v) is 1.68. The highest BCUT2D eigenvalue weighted by atomic mass is 16.2. The number of aryl methyl sites for hydroxylation is 2. The number of anilines is 1. The summed E-state index contributed by atoms with van der Waals surface area (Å²) in [7, 11) is 0. The van der Waals surface area contributed by atoms with Crippen LogP contribution in [0, 0.1) is 13.8 Å². The summed E-state index contributed by atoms with van der Waals surface area (Å²) in [4.78, 5) is 13.2. The molecule has 1 aromatic rings. The van der Waals surface area contributed by atoms with Gasteiger partial charge < -0.3 is 10.6 Å².